The summed E-state index contributed by atoms with van der Waals surface area (Å²) in [5.74, 6) is -0.960. The average Bonchev–Trinajstić information content (AvgIpc) is 2.07. The molecule has 14 heavy (non-hydrogen) atoms. The second kappa shape index (κ2) is 3.92. The van der Waals surface area contributed by atoms with Gasteiger partial charge >= 0.3 is 0 Å². The van der Waals surface area contributed by atoms with E-state index in [2.05, 4.69) is 0 Å². The Kier molecular flexibility index (Phi) is 3.24. The zero-order chi connectivity index (χ0) is 10.9. The van der Waals surface area contributed by atoms with Gasteiger partial charge in [-0.3, -0.25) is 0 Å². The zero-order valence-corrected chi connectivity index (χ0v) is 9.25. The maximum Gasteiger partial charge on any atom is 0.266 e. The minimum atomic E-state index is -4.12. The molecule has 0 aliphatic carbocycles. The smallest absolute Gasteiger partial charge is 0.266 e. The maximum atomic E-state index is 12.9. The predicted molar refractivity (Wildman–Crippen MR) is 51.0 cm³/mol. The zero-order valence-electron chi connectivity index (χ0n) is 6.92. The molecule has 0 spiro atoms. The van der Waals surface area contributed by atoms with Crippen LogP contribution in [0.5, 0.6) is 5.75 Å². The highest BCUT2D eigenvalue weighted by Gasteiger charge is 2.23. The van der Waals surface area contributed by atoms with E-state index in [1.165, 1.54) is 7.11 Å². The van der Waals surface area contributed by atoms with Crippen molar-refractivity contribution in [2.75, 3.05) is 7.11 Å². The lowest BCUT2D eigenvalue weighted by atomic mass is 10.3. The van der Waals surface area contributed by atoms with Gasteiger partial charge in [0.15, 0.2) is 0 Å². The maximum absolute atomic E-state index is 12.9. The summed E-state index contributed by atoms with van der Waals surface area (Å²) >= 11 is 5.44. The normalized spacial score (nSPS) is 11.4. The second-order valence-electron chi connectivity index (χ2n) is 2.33. The van der Waals surface area contributed by atoms with Crippen molar-refractivity contribution in [2.24, 2.45) is 0 Å². The number of halogens is 3. The molecule has 78 valence electrons. The first kappa shape index (κ1) is 11.6. The Balaban J connectivity index is 3.60. The molecule has 0 fully saturated rings. The Labute approximate surface area is 89.8 Å². The van der Waals surface area contributed by atoms with Crippen LogP contribution < -0.4 is 4.74 Å². The molecule has 1 rings (SSSR count). The fourth-order valence-corrected chi connectivity index (χ4v) is 2.64. The predicted octanol–water partition coefficient (Wildman–Crippen LogP) is 2.42. The summed E-state index contributed by atoms with van der Waals surface area (Å²) in [6, 6.07) is 2.13. The summed E-state index contributed by atoms with van der Waals surface area (Å²) in [6.45, 7) is 0. The number of rotatable bonds is 2. The van der Waals surface area contributed by atoms with E-state index in [0.717, 1.165) is 12.1 Å². The third-order valence-corrected chi connectivity index (χ3v) is 3.32. The molecule has 0 N–H and O–H groups in total. The molecule has 0 aromatic heterocycles. The number of ether oxygens (including phenoxy) is 1. The Morgan fingerprint density at radius 3 is 2.43 bits per heavy atom. The van der Waals surface area contributed by atoms with Gasteiger partial charge in [0, 0.05) is 10.7 Å². The summed E-state index contributed by atoms with van der Waals surface area (Å²) < 4.78 is 39.6. The van der Waals surface area contributed by atoms with Crippen molar-refractivity contribution in [1.29, 1.82) is 0 Å². The Bertz CT molecular complexity index is 458. The second-order valence-corrected chi connectivity index (χ2v) is 5.21. The van der Waals surface area contributed by atoms with Crippen LogP contribution in [0.1, 0.15) is 0 Å². The fraction of sp³-hybridized carbons (Fsp3) is 0.143. The SMILES string of the molecule is COc1ccc(F)c(Cl)c1S(=O)(=O)Cl. The van der Waals surface area contributed by atoms with Crippen LogP contribution in [-0.4, -0.2) is 15.5 Å². The van der Waals surface area contributed by atoms with Gasteiger partial charge in [-0.25, -0.2) is 12.8 Å². The topological polar surface area (TPSA) is 43.4 Å². The molecule has 0 unspecified atom stereocenters. The molecule has 0 radical (unpaired) electrons. The van der Waals surface area contributed by atoms with Crippen LogP contribution in [0.25, 0.3) is 0 Å². The molecular weight excluding hydrogens is 254 g/mol. The van der Waals surface area contributed by atoms with Crippen molar-refractivity contribution in [1.82, 2.24) is 0 Å². The van der Waals surface area contributed by atoms with E-state index in [1.807, 2.05) is 0 Å². The molecule has 1 aromatic carbocycles. The number of methoxy groups -OCH3 is 1. The van der Waals surface area contributed by atoms with E-state index in [-0.39, 0.29) is 5.75 Å². The van der Waals surface area contributed by atoms with Gasteiger partial charge in [-0.2, -0.15) is 0 Å². The van der Waals surface area contributed by atoms with Gasteiger partial charge in [0.25, 0.3) is 9.05 Å². The molecule has 3 nitrogen and oxygen atoms in total. The van der Waals surface area contributed by atoms with Gasteiger partial charge in [0.05, 0.1) is 7.11 Å². The van der Waals surface area contributed by atoms with E-state index >= 15 is 0 Å². The first-order chi connectivity index (χ1) is 6.38. The van der Waals surface area contributed by atoms with E-state index in [1.54, 1.807) is 0 Å². The Morgan fingerprint density at radius 1 is 1.43 bits per heavy atom. The molecule has 0 bridgehead atoms. The van der Waals surface area contributed by atoms with Crippen molar-refractivity contribution in [3.8, 4) is 5.75 Å². The van der Waals surface area contributed by atoms with Gasteiger partial charge in [-0.05, 0) is 12.1 Å². The van der Waals surface area contributed by atoms with Crippen LogP contribution in [0.3, 0.4) is 0 Å². The molecule has 0 saturated heterocycles. The van der Waals surface area contributed by atoms with Crippen molar-refractivity contribution in [3.05, 3.63) is 23.0 Å². The van der Waals surface area contributed by atoms with Crippen LogP contribution in [0, 0.1) is 5.82 Å². The van der Waals surface area contributed by atoms with E-state index in [4.69, 9.17) is 27.0 Å². The molecule has 0 aliphatic heterocycles. The first-order valence-corrected chi connectivity index (χ1v) is 6.03. The standard InChI is InChI=1S/C7H5Cl2FO3S/c1-13-5-3-2-4(10)6(8)7(5)14(9,11)12/h2-3H,1H3. The van der Waals surface area contributed by atoms with Crippen LogP contribution in [0.4, 0.5) is 4.39 Å². The van der Waals surface area contributed by atoms with Gasteiger partial charge in [0.2, 0.25) is 0 Å². The lowest BCUT2D eigenvalue weighted by Crippen LogP contribution is -1.98. The van der Waals surface area contributed by atoms with Gasteiger partial charge < -0.3 is 4.74 Å². The quantitative estimate of drug-likeness (QED) is 0.766. The number of hydrogen-bond donors (Lipinski definition) is 0. The minimum Gasteiger partial charge on any atom is -0.495 e. The molecule has 0 heterocycles. The van der Waals surface area contributed by atoms with Crippen LogP contribution in [0.15, 0.2) is 17.0 Å². The molecular formula is C7H5Cl2FO3S. The lowest BCUT2D eigenvalue weighted by Gasteiger charge is -2.07. The van der Waals surface area contributed by atoms with Crippen LogP contribution >= 0.6 is 22.3 Å². The molecule has 0 atom stereocenters. The van der Waals surface area contributed by atoms with E-state index in [0.29, 0.717) is 0 Å². The molecule has 0 amide bonds. The highest BCUT2D eigenvalue weighted by atomic mass is 35.7. The third kappa shape index (κ3) is 2.10. The molecule has 0 aliphatic rings. The van der Waals surface area contributed by atoms with Crippen molar-refractivity contribution in [2.45, 2.75) is 4.90 Å². The number of benzene rings is 1. The fourth-order valence-electron chi connectivity index (χ4n) is 0.902. The summed E-state index contributed by atoms with van der Waals surface area (Å²) in [5, 5.41) is -0.570. The summed E-state index contributed by atoms with van der Waals surface area (Å²) in [4.78, 5) is -0.552. The number of hydrogen-bond acceptors (Lipinski definition) is 3. The van der Waals surface area contributed by atoms with Crippen LogP contribution in [-0.2, 0) is 9.05 Å². The highest BCUT2D eigenvalue weighted by molar-refractivity contribution is 8.14. The molecule has 0 saturated carbocycles. The monoisotopic (exact) mass is 258 g/mol. The average molecular weight is 259 g/mol. The highest BCUT2D eigenvalue weighted by Crippen LogP contribution is 2.35. The van der Waals surface area contributed by atoms with E-state index < -0.39 is 24.8 Å². The summed E-state index contributed by atoms with van der Waals surface area (Å²) in [6.07, 6.45) is 0. The Hall–Kier alpha value is -0.520. The third-order valence-electron chi connectivity index (χ3n) is 1.48. The van der Waals surface area contributed by atoms with E-state index in [9.17, 15) is 12.8 Å². The molecule has 7 heteroatoms. The first-order valence-electron chi connectivity index (χ1n) is 3.34. The largest absolute Gasteiger partial charge is 0.495 e. The van der Waals surface area contributed by atoms with Gasteiger partial charge in [0.1, 0.15) is 21.5 Å². The van der Waals surface area contributed by atoms with Gasteiger partial charge in [-0.15, -0.1) is 0 Å². The summed E-state index contributed by atoms with van der Waals surface area (Å²) in [5.41, 5.74) is 0. The van der Waals surface area contributed by atoms with Gasteiger partial charge in [-0.1, -0.05) is 11.6 Å². The van der Waals surface area contributed by atoms with Crippen molar-refractivity contribution < 1.29 is 17.5 Å². The van der Waals surface area contributed by atoms with Crippen LogP contribution in [0.2, 0.25) is 5.02 Å². The minimum absolute atomic E-state index is 0.0913. The molecule has 1 aromatic rings. The summed E-state index contributed by atoms with van der Waals surface area (Å²) in [7, 11) is 2.17. The Morgan fingerprint density at radius 2 is 2.00 bits per heavy atom. The lowest BCUT2D eigenvalue weighted by molar-refractivity contribution is 0.401. The van der Waals surface area contributed by atoms with Crippen molar-refractivity contribution >= 4 is 31.3 Å². The van der Waals surface area contributed by atoms with Crippen molar-refractivity contribution in [3.63, 3.8) is 0 Å².